The number of hydrogen-bond acceptors (Lipinski definition) is 2. The third-order valence-electron chi connectivity index (χ3n) is 6.69. The van der Waals surface area contributed by atoms with Crippen LogP contribution >= 0.6 is 0 Å². The van der Waals surface area contributed by atoms with Gasteiger partial charge in [0.2, 0.25) is 0 Å². The molecule has 1 saturated carbocycles. The molecule has 1 aromatic rings. The van der Waals surface area contributed by atoms with Crippen LogP contribution in [0.3, 0.4) is 0 Å². The molecule has 0 spiro atoms. The lowest BCUT2D eigenvalue weighted by Gasteiger charge is -2.37. The predicted octanol–water partition coefficient (Wildman–Crippen LogP) is 6.10. The van der Waals surface area contributed by atoms with Gasteiger partial charge in [0.25, 0.3) is 0 Å². The number of aryl methyl sites for hydroxylation is 1. The molecule has 1 aliphatic carbocycles. The van der Waals surface area contributed by atoms with Crippen molar-refractivity contribution >= 4 is 5.97 Å². The lowest BCUT2D eigenvalue weighted by Crippen LogP contribution is -2.37. The number of carbonyl (C=O) groups excluding carboxylic acids is 1. The third kappa shape index (κ3) is 3.97. The van der Waals surface area contributed by atoms with Crippen LogP contribution in [0.1, 0.15) is 76.8 Å². The van der Waals surface area contributed by atoms with Crippen LogP contribution in [0.4, 0.5) is 4.39 Å². The number of ether oxygens (including phenoxy) is 1. The lowest BCUT2D eigenvalue weighted by atomic mass is 9.70. The topological polar surface area (TPSA) is 26.3 Å². The Kier molecular flexibility index (Phi) is 6.37. The van der Waals surface area contributed by atoms with E-state index in [-0.39, 0.29) is 23.5 Å². The Morgan fingerprint density at radius 3 is 2.54 bits per heavy atom. The summed E-state index contributed by atoms with van der Waals surface area (Å²) >= 11 is 0. The van der Waals surface area contributed by atoms with Crippen LogP contribution in [0.2, 0.25) is 0 Å². The smallest absolute Gasteiger partial charge is 0.315 e. The first kappa shape index (κ1) is 19.4. The summed E-state index contributed by atoms with van der Waals surface area (Å²) in [6.45, 7) is 6.48. The van der Waals surface area contributed by atoms with Crippen LogP contribution in [0.5, 0.6) is 5.75 Å². The van der Waals surface area contributed by atoms with Crippen molar-refractivity contribution in [2.75, 3.05) is 0 Å². The van der Waals surface area contributed by atoms with Crippen molar-refractivity contribution in [1.29, 1.82) is 0 Å². The molecule has 0 radical (unpaired) electrons. The number of esters is 1. The quantitative estimate of drug-likeness (QED) is 0.453. The largest absolute Gasteiger partial charge is 0.423 e. The van der Waals surface area contributed by atoms with Crippen molar-refractivity contribution in [2.24, 2.45) is 23.7 Å². The summed E-state index contributed by atoms with van der Waals surface area (Å²) in [5.74, 6) is 1.26. The standard InChI is InChI=1S/C23H33FO2/c1-4-6-16-8-10-17(11-9-16)15(3)20-14-19-13-12-18(7-5-2)21(24)22(19)26-23(20)25/h12-13,15-17,20H,4-11,14H2,1-3H3. The normalized spacial score (nSPS) is 26.9. The number of carbonyl (C=O) groups is 1. The molecule has 144 valence electrons. The van der Waals surface area contributed by atoms with E-state index in [0.29, 0.717) is 30.2 Å². The highest BCUT2D eigenvalue weighted by atomic mass is 19.1. The molecule has 3 rings (SSSR count). The highest BCUT2D eigenvalue weighted by molar-refractivity contribution is 5.78. The molecule has 0 amide bonds. The van der Waals surface area contributed by atoms with Gasteiger partial charge in [-0.1, -0.05) is 65.0 Å². The van der Waals surface area contributed by atoms with Gasteiger partial charge in [0.05, 0.1) is 5.92 Å². The van der Waals surface area contributed by atoms with Crippen molar-refractivity contribution in [3.05, 3.63) is 29.1 Å². The van der Waals surface area contributed by atoms with Crippen LogP contribution in [0.15, 0.2) is 12.1 Å². The van der Waals surface area contributed by atoms with E-state index in [2.05, 4.69) is 13.8 Å². The fourth-order valence-corrected chi connectivity index (χ4v) is 5.01. The minimum atomic E-state index is -0.330. The van der Waals surface area contributed by atoms with E-state index in [0.717, 1.165) is 17.9 Å². The molecule has 1 aromatic carbocycles. The maximum Gasteiger partial charge on any atom is 0.315 e. The second-order valence-corrected chi connectivity index (χ2v) is 8.44. The van der Waals surface area contributed by atoms with Gasteiger partial charge in [-0.3, -0.25) is 4.79 Å². The zero-order valence-corrected chi connectivity index (χ0v) is 16.5. The SMILES string of the molecule is CCCc1ccc2c(c1F)OC(=O)C(C(C)C1CCC(CCC)CC1)C2. The Balaban J connectivity index is 1.69. The van der Waals surface area contributed by atoms with E-state index in [1.165, 1.54) is 38.5 Å². The Bertz CT molecular complexity index is 631. The Hall–Kier alpha value is -1.38. The van der Waals surface area contributed by atoms with E-state index >= 15 is 0 Å². The fourth-order valence-electron chi connectivity index (χ4n) is 5.01. The summed E-state index contributed by atoms with van der Waals surface area (Å²) in [4.78, 5) is 12.6. The first-order valence-electron chi connectivity index (χ1n) is 10.6. The summed E-state index contributed by atoms with van der Waals surface area (Å²) in [6, 6.07) is 3.84. The van der Waals surface area contributed by atoms with Gasteiger partial charge in [-0.15, -0.1) is 0 Å². The highest BCUT2D eigenvalue weighted by Crippen LogP contribution is 2.42. The summed E-state index contributed by atoms with van der Waals surface area (Å²) in [7, 11) is 0. The third-order valence-corrected chi connectivity index (χ3v) is 6.69. The van der Waals surface area contributed by atoms with Crippen LogP contribution in [-0.2, 0) is 17.6 Å². The van der Waals surface area contributed by atoms with Crippen LogP contribution in [-0.4, -0.2) is 5.97 Å². The zero-order valence-electron chi connectivity index (χ0n) is 16.5. The van der Waals surface area contributed by atoms with Gasteiger partial charge in [-0.2, -0.15) is 0 Å². The van der Waals surface area contributed by atoms with Gasteiger partial charge in [0.1, 0.15) is 0 Å². The summed E-state index contributed by atoms with van der Waals surface area (Å²) in [5, 5.41) is 0. The lowest BCUT2D eigenvalue weighted by molar-refractivity contribution is -0.143. The van der Waals surface area contributed by atoms with E-state index in [1.807, 2.05) is 19.1 Å². The molecule has 1 heterocycles. The Labute approximate surface area is 157 Å². The molecular weight excluding hydrogens is 327 g/mol. The summed E-state index contributed by atoms with van der Waals surface area (Å²) in [5.41, 5.74) is 1.51. The molecule has 2 nitrogen and oxygen atoms in total. The van der Waals surface area contributed by atoms with Crippen molar-refractivity contribution in [3.63, 3.8) is 0 Å². The maximum absolute atomic E-state index is 14.6. The van der Waals surface area contributed by atoms with E-state index in [1.54, 1.807) is 0 Å². The molecular formula is C23H33FO2. The molecule has 2 aliphatic rings. The van der Waals surface area contributed by atoms with Crippen LogP contribution < -0.4 is 4.74 Å². The average molecular weight is 361 g/mol. The van der Waals surface area contributed by atoms with Crippen molar-refractivity contribution in [1.82, 2.24) is 0 Å². The number of fused-ring (bicyclic) bond motifs is 1. The minimum absolute atomic E-state index is 0.133. The Morgan fingerprint density at radius 2 is 1.88 bits per heavy atom. The summed E-state index contributed by atoms with van der Waals surface area (Å²) < 4.78 is 20.2. The second-order valence-electron chi connectivity index (χ2n) is 8.44. The van der Waals surface area contributed by atoms with Crippen LogP contribution in [0, 0.1) is 29.5 Å². The minimum Gasteiger partial charge on any atom is -0.423 e. The van der Waals surface area contributed by atoms with Crippen LogP contribution in [0.25, 0.3) is 0 Å². The monoisotopic (exact) mass is 360 g/mol. The number of rotatable bonds is 6. The molecule has 1 aliphatic heterocycles. The maximum atomic E-state index is 14.6. The van der Waals surface area contributed by atoms with Gasteiger partial charge in [-0.05, 0) is 54.6 Å². The van der Waals surface area contributed by atoms with Crippen molar-refractivity contribution in [2.45, 2.75) is 78.6 Å². The molecule has 0 N–H and O–H groups in total. The molecule has 0 bridgehead atoms. The fraction of sp³-hybridized carbons (Fsp3) is 0.696. The second kappa shape index (κ2) is 8.54. The molecule has 3 heteroatoms. The molecule has 0 aromatic heterocycles. The van der Waals surface area contributed by atoms with Crippen molar-refractivity contribution < 1.29 is 13.9 Å². The van der Waals surface area contributed by atoms with E-state index < -0.39 is 0 Å². The number of hydrogen-bond donors (Lipinski definition) is 0. The average Bonchev–Trinajstić information content (AvgIpc) is 2.65. The zero-order chi connectivity index (χ0) is 18.7. The number of benzene rings is 1. The number of halogens is 1. The molecule has 2 atom stereocenters. The van der Waals surface area contributed by atoms with Gasteiger partial charge in [0.15, 0.2) is 11.6 Å². The van der Waals surface area contributed by atoms with Gasteiger partial charge >= 0.3 is 5.97 Å². The first-order valence-corrected chi connectivity index (χ1v) is 10.6. The Morgan fingerprint density at radius 1 is 1.15 bits per heavy atom. The highest BCUT2D eigenvalue weighted by Gasteiger charge is 2.38. The van der Waals surface area contributed by atoms with Gasteiger partial charge in [-0.25, -0.2) is 4.39 Å². The first-order chi connectivity index (χ1) is 12.5. The predicted molar refractivity (Wildman–Crippen MR) is 103 cm³/mol. The van der Waals surface area contributed by atoms with Crippen molar-refractivity contribution in [3.8, 4) is 5.75 Å². The molecule has 0 saturated heterocycles. The van der Waals surface area contributed by atoms with Gasteiger partial charge < -0.3 is 4.74 Å². The van der Waals surface area contributed by atoms with E-state index in [9.17, 15) is 9.18 Å². The van der Waals surface area contributed by atoms with E-state index in [4.69, 9.17) is 4.74 Å². The summed E-state index contributed by atoms with van der Waals surface area (Å²) in [6.07, 6.45) is 9.78. The molecule has 1 fully saturated rings. The molecule has 26 heavy (non-hydrogen) atoms. The molecule has 2 unspecified atom stereocenters. The van der Waals surface area contributed by atoms with Gasteiger partial charge in [0, 0.05) is 0 Å².